The maximum atomic E-state index is 13.7. The third-order valence-electron chi connectivity index (χ3n) is 2.71. The van der Waals surface area contributed by atoms with Crippen LogP contribution in [0.25, 0.3) is 0 Å². The molecule has 1 aromatic rings. The van der Waals surface area contributed by atoms with Gasteiger partial charge < -0.3 is 10.5 Å². The molecule has 1 aliphatic heterocycles. The van der Waals surface area contributed by atoms with Crippen molar-refractivity contribution >= 4 is 11.9 Å². The van der Waals surface area contributed by atoms with Gasteiger partial charge in [0.1, 0.15) is 0 Å². The normalized spacial score (nSPS) is 23.6. The highest BCUT2D eigenvalue weighted by Gasteiger charge is 2.45. The fourth-order valence-electron chi connectivity index (χ4n) is 1.81. The molecule has 0 saturated heterocycles. The number of rotatable bonds is 2. The van der Waals surface area contributed by atoms with Gasteiger partial charge in [0, 0.05) is 17.5 Å². The fraction of sp³-hybridized carbons (Fsp3) is 0.364. The Morgan fingerprint density at radius 2 is 2.06 bits per heavy atom. The number of aliphatic imine (C=N–C) groups is 1. The van der Waals surface area contributed by atoms with Gasteiger partial charge in [0.15, 0.2) is 17.2 Å². The van der Waals surface area contributed by atoms with E-state index in [1.54, 1.807) is 0 Å². The van der Waals surface area contributed by atoms with Gasteiger partial charge in [-0.2, -0.15) is 0 Å². The van der Waals surface area contributed by atoms with E-state index >= 15 is 0 Å². The lowest BCUT2D eigenvalue weighted by molar-refractivity contribution is -0.0129. The molecule has 2 N–H and O–H groups in total. The predicted octanol–water partition coefficient (Wildman–Crippen LogP) is 2.11. The van der Waals surface area contributed by atoms with Gasteiger partial charge in [-0.3, -0.25) is 4.99 Å². The zero-order valence-corrected chi connectivity index (χ0v) is 9.17. The highest BCUT2D eigenvalue weighted by Crippen LogP contribution is 2.37. The number of nitrogens with zero attached hydrogens (tertiary/aromatic N) is 1. The Morgan fingerprint density at radius 1 is 1.33 bits per heavy atom. The zero-order chi connectivity index (χ0) is 13.3. The molecule has 2 rings (SSSR count). The molecule has 0 radical (unpaired) electrons. The van der Waals surface area contributed by atoms with E-state index in [2.05, 4.69) is 4.99 Å². The summed E-state index contributed by atoms with van der Waals surface area (Å²) < 4.78 is 58.2. The number of hydrogen-bond donors (Lipinski definition) is 1. The summed E-state index contributed by atoms with van der Waals surface area (Å²) in [6, 6.07) is 1.68. The van der Waals surface area contributed by atoms with Crippen LogP contribution in [-0.2, 0) is 10.3 Å². The molecule has 1 heterocycles. The van der Waals surface area contributed by atoms with E-state index in [4.69, 9.17) is 10.5 Å². The van der Waals surface area contributed by atoms with Crippen LogP contribution in [0.4, 0.5) is 23.2 Å². The van der Waals surface area contributed by atoms with Crippen molar-refractivity contribution in [1.82, 2.24) is 0 Å². The van der Waals surface area contributed by atoms with Crippen molar-refractivity contribution in [3.05, 3.63) is 29.3 Å². The van der Waals surface area contributed by atoms with Gasteiger partial charge in [0.05, 0.1) is 13.2 Å². The van der Waals surface area contributed by atoms with Gasteiger partial charge in [-0.25, -0.2) is 17.6 Å². The fourth-order valence-corrected chi connectivity index (χ4v) is 1.81. The quantitative estimate of drug-likeness (QED) is 0.655. The van der Waals surface area contributed by atoms with Crippen LogP contribution in [0, 0.1) is 11.6 Å². The number of ether oxygens (including phenoxy) is 1. The van der Waals surface area contributed by atoms with Crippen molar-refractivity contribution in [3.8, 4) is 0 Å². The molecule has 0 aromatic heterocycles. The molecule has 0 spiro atoms. The Morgan fingerprint density at radius 3 is 2.61 bits per heavy atom. The molecule has 0 saturated carbocycles. The second-order valence-electron chi connectivity index (χ2n) is 3.92. The summed E-state index contributed by atoms with van der Waals surface area (Å²) in [5, 5.41) is 0. The van der Waals surface area contributed by atoms with Crippen molar-refractivity contribution in [1.29, 1.82) is 0 Å². The molecule has 0 aliphatic carbocycles. The standard InChI is InChI=1S/C11H10F4N2O/c12-8-4-6(16)3-7(9(8)13)11(10(14)15)5-18-2-1-17-11/h1,3-4,10H,2,5,16H2/t11-/m0/s1. The number of benzene rings is 1. The number of nitrogen functional groups attached to an aromatic ring is 1. The van der Waals surface area contributed by atoms with Crippen molar-refractivity contribution in [2.24, 2.45) is 4.99 Å². The first-order valence-corrected chi connectivity index (χ1v) is 5.12. The van der Waals surface area contributed by atoms with Gasteiger partial charge in [0.2, 0.25) is 0 Å². The van der Waals surface area contributed by atoms with Crippen LogP contribution in [0.5, 0.6) is 0 Å². The van der Waals surface area contributed by atoms with Crippen molar-refractivity contribution in [3.63, 3.8) is 0 Å². The van der Waals surface area contributed by atoms with Crippen LogP contribution in [0.3, 0.4) is 0 Å². The first kappa shape index (κ1) is 12.8. The lowest BCUT2D eigenvalue weighted by Gasteiger charge is -2.32. The topological polar surface area (TPSA) is 47.6 Å². The van der Waals surface area contributed by atoms with Gasteiger partial charge in [-0.1, -0.05) is 0 Å². The molecular formula is C11H10F4N2O. The first-order valence-electron chi connectivity index (χ1n) is 5.12. The Labute approximate surface area is 100 Å². The van der Waals surface area contributed by atoms with Crippen molar-refractivity contribution in [2.45, 2.75) is 12.0 Å². The van der Waals surface area contributed by atoms with Gasteiger partial charge in [-0.15, -0.1) is 0 Å². The number of halogens is 4. The lowest BCUT2D eigenvalue weighted by atomic mass is 9.90. The van der Waals surface area contributed by atoms with E-state index < -0.39 is 35.8 Å². The third-order valence-corrected chi connectivity index (χ3v) is 2.71. The van der Waals surface area contributed by atoms with Crippen LogP contribution >= 0.6 is 0 Å². The van der Waals surface area contributed by atoms with Crippen molar-refractivity contribution < 1.29 is 22.3 Å². The maximum absolute atomic E-state index is 13.7. The minimum absolute atomic E-state index is 0.0564. The van der Waals surface area contributed by atoms with E-state index in [0.29, 0.717) is 0 Å². The number of alkyl halides is 2. The van der Waals surface area contributed by atoms with Crippen LogP contribution < -0.4 is 5.73 Å². The smallest absolute Gasteiger partial charge is 0.269 e. The summed E-state index contributed by atoms with van der Waals surface area (Å²) >= 11 is 0. The van der Waals surface area contributed by atoms with E-state index in [9.17, 15) is 17.6 Å². The van der Waals surface area contributed by atoms with Crippen LogP contribution in [0.2, 0.25) is 0 Å². The Balaban J connectivity index is 2.63. The number of anilines is 1. The Bertz CT molecular complexity index is 492. The van der Waals surface area contributed by atoms with E-state index in [-0.39, 0.29) is 12.3 Å². The molecule has 7 heteroatoms. The minimum atomic E-state index is -3.04. The zero-order valence-electron chi connectivity index (χ0n) is 9.17. The highest BCUT2D eigenvalue weighted by molar-refractivity contribution is 5.61. The van der Waals surface area contributed by atoms with Gasteiger partial charge in [-0.05, 0) is 12.1 Å². The minimum Gasteiger partial charge on any atom is -0.399 e. The van der Waals surface area contributed by atoms with Gasteiger partial charge >= 0.3 is 0 Å². The Hall–Kier alpha value is -1.63. The number of nitrogens with two attached hydrogens (primary N) is 1. The van der Waals surface area contributed by atoms with Gasteiger partial charge in [0.25, 0.3) is 6.43 Å². The maximum Gasteiger partial charge on any atom is 0.269 e. The summed E-state index contributed by atoms with van der Waals surface area (Å²) in [7, 11) is 0. The summed E-state index contributed by atoms with van der Waals surface area (Å²) in [5.41, 5.74) is 2.37. The molecule has 3 nitrogen and oxygen atoms in total. The monoisotopic (exact) mass is 262 g/mol. The molecule has 98 valence electrons. The molecule has 1 aromatic carbocycles. The van der Waals surface area contributed by atoms with Crippen LogP contribution in [0.15, 0.2) is 17.1 Å². The first-order chi connectivity index (χ1) is 8.47. The summed E-state index contributed by atoms with van der Waals surface area (Å²) in [6.45, 7) is -0.470. The van der Waals surface area contributed by atoms with E-state index in [1.165, 1.54) is 0 Å². The number of hydrogen-bond acceptors (Lipinski definition) is 3. The Kier molecular flexibility index (Phi) is 3.25. The molecular weight excluding hydrogens is 252 g/mol. The summed E-state index contributed by atoms with van der Waals surface area (Å²) in [6.07, 6.45) is -1.93. The molecule has 18 heavy (non-hydrogen) atoms. The van der Waals surface area contributed by atoms with Crippen molar-refractivity contribution in [2.75, 3.05) is 18.9 Å². The molecule has 1 aliphatic rings. The molecule has 0 fully saturated rings. The predicted molar refractivity (Wildman–Crippen MR) is 57.8 cm³/mol. The molecule has 0 amide bonds. The molecule has 0 bridgehead atoms. The van der Waals surface area contributed by atoms with Crippen LogP contribution in [-0.4, -0.2) is 25.9 Å². The average Bonchev–Trinajstić information content (AvgIpc) is 2.34. The second-order valence-corrected chi connectivity index (χ2v) is 3.92. The largest absolute Gasteiger partial charge is 0.399 e. The highest BCUT2D eigenvalue weighted by atomic mass is 19.3. The SMILES string of the molecule is Nc1cc(F)c(F)c([C@]2(C(F)F)COCC=N2)c1. The third kappa shape index (κ3) is 1.94. The summed E-state index contributed by atoms with van der Waals surface area (Å²) in [5.74, 6) is -2.67. The molecule has 1 atom stereocenters. The van der Waals surface area contributed by atoms with Crippen LogP contribution in [0.1, 0.15) is 5.56 Å². The molecule has 0 unspecified atom stereocenters. The average molecular weight is 262 g/mol. The summed E-state index contributed by atoms with van der Waals surface area (Å²) in [4.78, 5) is 3.61. The van der Waals surface area contributed by atoms with E-state index in [0.717, 1.165) is 18.3 Å². The van der Waals surface area contributed by atoms with E-state index in [1.807, 2.05) is 0 Å². The second kappa shape index (κ2) is 4.56. The lowest BCUT2D eigenvalue weighted by Crippen LogP contribution is -2.41.